The molecule has 0 aromatic heterocycles. The zero-order valence-electron chi connectivity index (χ0n) is 14.4. The minimum atomic E-state index is -3.27. The normalized spacial score (nSPS) is 19.2. The average molecular weight is 373 g/mol. The maximum Gasteiger partial charge on any atom is 0.228 e. The predicted octanol–water partition coefficient (Wildman–Crippen LogP) is 3.07. The number of hydrogen-bond donors (Lipinski definition) is 1. The fourth-order valence-electron chi connectivity index (χ4n) is 3.15. The molecule has 1 aliphatic heterocycles. The summed E-state index contributed by atoms with van der Waals surface area (Å²) in [6.07, 6.45) is 4.10. The number of nitrogens with zero attached hydrogens (tertiary/aromatic N) is 1. The van der Waals surface area contributed by atoms with Crippen molar-refractivity contribution in [3.63, 3.8) is 0 Å². The van der Waals surface area contributed by atoms with Crippen molar-refractivity contribution in [2.75, 3.05) is 24.7 Å². The molecule has 1 aliphatic rings. The first kappa shape index (κ1) is 19.2. The first-order valence-corrected chi connectivity index (χ1v) is 10.6. The highest BCUT2D eigenvalue weighted by atomic mass is 35.5. The van der Waals surface area contributed by atoms with Crippen LogP contribution in [-0.2, 0) is 27.7 Å². The van der Waals surface area contributed by atoms with Crippen LogP contribution < -0.4 is 5.32 Å². The highest BCUT2D eigenvalue weighted by Gasteiger charge is 2.30. The van der Waals surface area contributed by atoms with Gasteiger partial charge in [-0.15, -0.1) is 0 Å². The Bertz CT molecular complexity index is 719. The number of piperidine rings is 1. The second-order valence-electron chi connectivity index (χ2n) is 6.22. The fourth-order valence-corrected chi connectivity index (χ4v) is 4.35. The number of sulfonamides is 1. The minimum absolute atomic E-state index is 0.130. The zero-order chi connectivity index (χ0) is 17.9. The fraction of sp³-hybridized carbons (Fsp3) is 0.588. The van der Waals surface area contributed by atoms with Crippen LogP contribution in [0, 0.1) is 5.92 Å². The van der Waals surface area contributed by atoms with Crippen LogP contribution in [0.2, 0.25) is 5.02 Å². The lowest BCUT2D eigenvalue weighted by Gasteiger charge is -2.30. The number of hydrogen-bond acceptors (Lipinski definition) is 3. The molecule has 1 heterocycles. The highest BCUT2D eigenvalue weighted by molar-refractivity contribution is 7.88. The molecule has 2 rings (SSSR count). The van der Waals surface area contributed by atoms with Gasteiger partial charge >= 0.3 is 0 Å². The van der Waals surface area contributed by atoms with Gasteiger partial charge in [-0.1, -0.05) is 31.5 Å². The van der Waals surface area contributed by atoms with Crippen LogP contribution in [0.25, 0.3) is 0 Å². The first-order valence-electron chi connectivity index (χ1n) is 8.34. The molecule has 7 heteroatoms. The number of aryl methyl sites for hydroxylation is 1. The lowest BCUT2D eigenvalue weighted by Crippen LogP contribution is -2.43. The van der Waals surface area contributed by atoms with Gasteiger partial charge in [0.05, 0.1) is 12.2 Å². The van der Waals surface area contributed by atoms with Gasteiger partial charge in [-0.05, 0) is 42.9 Å². The van der Waals surface area contributed by atoms with Crippen LogP contribution in [0.1, 0.15) is 37.8 Å². The maximum absolute atomic E-state index is 12.7. The van der Waals surface area contributed by atoms with E-state index in [0.29, 0.717) is 24.4 Å². The molecule has 1 N–H and O–H groups in total. The van der Waals surface area contributed by atoms with Crippen molar-refractivity contribution in [3.05, 3.63) is 28.3 Å². The van der Waals surface area contributed by atoms with Gasteiger partial charge in [-0.2, -0.15) is 0 Å². The molecule has 1 amide bonds. The summed E-state index contributed by atoms with van der Waals surface area (Å²) in [6, 6.07) is 3.79. The van der Waals surface area contributed by atoms with E-state index in [0.717, 1.165) is 29.7 Å². The van der Waals surface area contributed by atoms with Gasteiger partial charge in [0.1, 0.15) is 0 Å². The lowest BCUT2D eigenvalue weighted by atomic mass is 9.97. The SMILES string of the molecule is CCc1ccc(Cl)c(CC)c1NC(=O)C1CCCN(S(C)(=O)=O)C1. The van der Waals surface area contributed by atoms with E-state index in [1.807, 2.05) is 26.0 Å². The molecular weight excluding hydrogens is 348 g/mol. The molecule has 1 fully saturated rings. The smallest absolute Gasteiger partial charge is 0.228 e. The molecule has 1 aromatic carbocycles. The molecule has 1 atom stereocenters. The monoisotopic (exact) mass is 372 g/mol. The molecule has 24 heavy (non-hydrogen) atoms. The molecule has 0 spiro atoms. The van der Waals surface area contributed by atoms with Gasteiger partial charge < -0.3 is 5.32 Å². The summed E-state index contributed by atoms with van der Waals surface area (Å²) in [4.78, 5) is 12.7. The molecule has 1 aromatic rings. The van der Waals surface area contributed by atoms with Crippen LogP contribution in [0.5, 0.6) is 0 Å². The first-order chi connectivity index (χ1) is 11.3. The van der Waals surface area contributed by atoms with Gasteiger partial charge in [-0.3, -0.25) is 4.79 Å². The Hall–Kier alpha value is -1.11. The third-order valence-corrected chi connectivity index (χ3v) is 6.17. The van der Waals surface area contributed by atoms with Gasteiger partial charge in [-0.25, -0.2) is 12.7 Å². The topological polar surface area (TPSA) is 66.5 Å². The Kier molecular flexibility index (Phi) is 6.28. The van der Waals surface area contributed by atoms with Gasteiger partial charge in [0.2, 0.25) is 15.9 Å². The van der Waals surface area contributed by atoms with Crippen molar-refractivity contribution in [3.8, 4) is 0 Å². The van der Waals surface area contributed by atoms with Crippen LogP contribution in [0.4, 0.5) is 5.69 Å². The molecule has 0 saturated carbocycles. The third-order valence-electron chi connectivity index (χ3n) is 4.55. The van der Waals surface area contributed by atoms with E-state index in [1.165, 1.54) is 10.6 Å². The summed E-state index contributed by atoms with van der Waals surface area (Å²) in [5.41, 5.74) is 2.76. The van der Waals surface area contributed by atoms with E-state index in [1.54, 1.807) is 0 Å². The Labute approximate surface area is 149 Å². The van der Waals surface area contributed by atoms with Gasteiger partial charge in [0, 0.05) is 23.8 Å². The number of carbonyl (C=O) groups is 1. The van der Waals surface area contributed by atoms with Crippen molar-refractivity contribution in [1.82, 2.24) is 4.31 Å². The summed E-state index contributed by atoms with van der Waals surface area (Å²) in [5, 5.41) is 3.66. The summed E-state index contributed by atoms with van der Waals surface area (Å²) in [7, 11) is -3.27. The van der Waals surface area contributed by atoms with Crippen LogP contribution in [0.3, 0.4) is 0 Å². The number of carbonyl (C=O) groups excluding carboxylic acids is 1. The standard InChI is InChI=1S/C17H25ClN2O3S/c1-4-12-8-9-15(18)14(5-2)16(12)19-17(21)13-7-6-10-20(11-13)24(3,22)23/h8-9,13H,4-7,10-11H2,1-3H3,(H,19,21). The molecular formula is C17H25ClN2O3S. The Morgan fingerprint density at radius 2 is 2.04 bits per heavy atom. The van der Waals surface area contributed by atoms with Crippen molar-refractivity contribution in [2.24, 2.45) is 5.92 Å². The number of amides is 1. The molecule has 1 saturated heterocycles. The van der Waals surface area contributed by atoms with E-state index in [2.05, 4.69) is 5.32 Å². The minimum Gasteiger partial charge on any atom is -0.325 e. The molecule has 1 unspecified atom stereocenters. The highest BCUT2D eigenvalue weighted by Crippen LogP contribution is 2.30. The molecule has 0 radical (unpaired) electrons. The van der Waals surface area contributed by atoms with Gasteiger partial charge in [0.15, 0.2) is 0 Å². The Morgan fingerprint density at radius 1 is 1.33 bits per heavy atom. The van der Waals surface area contributed by atoms with E-state index >= 15 is 0 Å². The molecule has 0 bridgehead atoms. The second-order valence-corrected chi connectivity index (χ2v) is 8.61. The van der Waals surface area contributed by atoms with Crippen molar-refractivity contribution < 1.29 is 13.2 Å². The number of anilines is 1. The molecule has 0 aliphatic carbocycles. The van der Waals surface area contributed by atoms with E-state index in [-0.39, 0.29) is 18.4 Å². The van der Waals surface area contributed by atoms with Crippen LogP contribution >= 0.6 is 11.6 Å². The van der Waals surface area contributed by atoms with Crippen LogP contribution in [0.15, 0.2) is 12.1 Å². The summed E-state index contributed by atoms with van der Waals surface area (Å²) in [5.74, 6) is -0.461. The van der Waals surface area contributed by atoms with Crippen molar-refractivity contribution in [2.45, 2.75) is 39.5 Å². The largest absolute Gasteiger partial charge is 0.325 e. The van der Waals surface area contributed by atoms with Gasteiger partial charge in [0.25, 0.3) is 0 Å². The van der Waals surface area contributed by atoms with E-state index in [4.69, 9.17) is 11.6 Å². The number of halogens is 1. The molecule has 5 nitrogen and oxygen atoms in total. The maximum atomic E-state index is 12.7. The summed E-state index contributed by atoms with van der Waals surface area (Å²) in [6.45, 7) is 4.76. The average Bonchev–Trinajstić information content (AvgIpc) is 2.54. The Balaban J connectivity index is 2.22. The number of rotatable bonds is 5. The van der Waals surface area contributed by atoms with E-state index < -0.39 is 10.0 Å². The molecule has 134 valence electrons. The third kappa shape index (κ3) is 4.29. The zero-order valence-corrected chi connectivity index (χ0v) is 16.0. The van der Waals surface area contributed by atoms with Crippen molar-refractivity contribution in [1.29, 1.82) is 0 Å². The predicted molar refractivity (Wildman–Crippen MR) is 98.0 cm³/mol. The Morgan fingerprint density at radius 3 is 2.62 bits per heavy atom. The van der Waals surface area contributed by atoms with E-state index in [9.17, 15) is 13.2 Å². The van der Waals surface area contributed by atoms with Crippen molar-refractivity contribution >= 4 is 33.2 Å². The second kappa shape index (κ2) is 7.85. The number of benzene rings is 1. The quantitative estimate of drug-likeness (QED) is 0.863. The summed E-state index contributed by atoms with van der Waals surface area (Å²) >= 11 is 6.27. The summed E-state index contributed by atoms with van der Waals surface area (Å²) < 4.78 is 24.9. The van der Waals surface area contributed by atoms with Crippen LogP contribution in [-0.4, -0.2) is 38.0 Å². The number of nitrogens with one attached hydrogen (secondary N) is 1. The lowest BCUT2D eigenvalue weighted by molar-refractivity contribution is -0.120.